The van der Waals surface area contributed by atoms with Gasteiger partial charge >= 0.3 is 0 Å². The number of aromatic amines is 1. The van der Waals surface area contributed by atoms with E-state index >= 15 is 0 Å². The number of H-pyrrole nitrogens is 1. The van der Waals surface area contributed by atoms with Gasteiger partial charge in [-0.25, -0.2) is 4.98 Å². The van der Waals surface area contributed by atoms with Crippen LogP contribution in [0.3, 0.4) is 0 Å². The number of thiophene rings is 1. The molecule has 4 bridgehead atoms. The molecule has 2 N–H and O–H groups in total. The molecule has 2 aromatic rings. The van der Waals surface area contributed by atoms with E-state index in [4.69, 9.17) is 4.98 Å². The average molecular weight is 454 g/mol. The average Bonchev–Trinajstić information content (AvgIpc) is 3.36. The summed E-state index contributed by atoms with van der Waals surface area (Å²) in [6.07, 6.45) is 12.2. The Bertz CT molecular complexity index is 1030. The SMILES string of the molecule is N#Cc1c(NC(=O)CSc2n[nH]c(C34CC5CC(CC(C5)C3)C4)n2)sc2c1CCCC2. The maximum absolute atomic E-state index is 12.6. The first-order valence-electron chi connectivity index (χ1n) is 11.5. The predicted octanol–water partition coefficient (Wildman–Crippen LogP) is 4.82. The summed E-state index contributed by atoms with van der Waals surface area (Å²) >= 11 is 2.95. The van der Waals surface area contributed by atoms with Crippen molar-refractivity contribution in [2.45, 2.75) is 74.8 Å². The molecule has 8 heteroatoms. The van der Waals surface area contributed by atoms with Gasteiger partial charge in [-0.1, -0.05) is 11.8 Å². The van der Waals surface area contributed by atoms with E-state index in [0.717, 1.165) is 48.4 Å². The third-order valence-electron chi connectivity index (χ3n) is 7.87. The molecular weight excluding hydrogens is 426 g/mol. The van der Waals surface area contributed by atoms with Crippen LogP contribution in [0.15, 0.2) is 5.16 Å². The molecule has 0 unspecified atom stereocenters. The molecule has 4 saturated carbocycles. The van der Waals surface area contributed by atoms with E-state index < -0.39 is 0 Å². The number of hydrogen-bond donors (Lipinski definition) is 2. The Labute approximate surface area is 190 Å². The lowest BCUT2D eigenvalue weighted by Crippen LogP contribution is -2.49. The number of nitrogens with zero attached hydrogens (tertiary/aromatic N) is 3. The number of fused-ring (bicyclic) bond motifs is 1. The number of nitrogens with one attached hydrogen (secondary N) is 2. The molecule has 0 aliphatic heterocycles. The molecule has 2 heterocycles. The topological polar surface area (TPSA) is 94.5 Å². The second-order valence-corrected chi connectivity index (χ2v) is 12.1. The van der Waals surface area contributed by atoms with Crippen LogP contribution < -0.4 is 5.32 Å². The van der Waals surface area contributed by atoms with E-state index in [1.807, 2.05) is 0 Å². The minimum absolute atomic E-state index is 0.0961. The molecule has 4 fully saturated rings. The molecule has 31 heavy (non-hydrogen) atoms. The van der Waals surface area contributed by atoms with Crippen LogP contribution in [0, 0.1) is 29.1 Å². The van der Waals surface area contributed by atoms with Crippen LogP contribution in [0.1, 0.15) is 73.2 Å². The molecule has 2 aromatic heterocycles. The highest BCUT2D eigenvalue weighted by atomic mass is 32.2. The van der Waals surface area contributed by atoms with Crippen molar-refractivity contribution in [3.63, 3.8) is 0 Å². The third kappa shape index (κ3) is 3.50. The second kappa shape index (κ2) is 7.63. The maximum atomic E-state index is 12.6. The van der Waals surface area contributed by atoms with E-state index in [1.54, 1.807) is 11.3 Å². The summed E-state index contributed by atoms with van der Waals surface area (Å²) in [4.78, 5) is 18.7. The summed E-state index contributed by atoms with van der Waals surface area (Å²) in [5.41, 5.74) is 2.01. The van der Waals surface area contributed by atoms with Gasteiger partial charge in [0.2, 0.25) is 11.1 Å². The summed E-state index contributed by atoms with van der Waals surface area (Å²) < 4.78 is 0. The molecule has 1 amide bonds. The number of carbonyl (C=O) groups is 1. The van der Waals surface area contributed by atoms with Crippen LogP contribution in [0.25, 0.3) is 0 Å². The monoisotopic (exact) mass is 453 g/mol. The summed E-state index contributed by atoms with van der Waals surface area (Å²) in [6.45, 7) is 0. The fourth-order valence-corrected chi connectivity index (χ4v) is 8.87. The number of nitriles is 1. The van der Waals surface area contributed by atoms with Gasteiger partial charge < -0.3 is 5.32 Å². The summed E-state index contributed by atoms with van der Waals surface area (Å²) in [7, 11) is 0. The Morgan fingerprint density at radius 1 is 1.19 bits per heavy atom. The number of aryl methyl sites for hydroxylation is 1. The first-order chi connectivity index (χ1) is 15.1. The molecule has 5 aliphatic carbocycles. The number of anilines is 1. The minimum Gasteiger partial charge on any atom is -0.316 e. The van der Waals surface area contributed by atoms with Crippen molar-refractivity contribution in [2.24, 2.45) is 17.8 Å². The lowest BCUT2D eigenvalue weighted by atomic mass is 9.49. The van der Waals surface area contributed by atoms with Crippen molar-refractivity contribution in [1.82, 2.24) is 15.2 Å². The summed E-state index contributed by atoms with van der Waals surface area (Å²) in [6, 6.07) is 2.31. The van der Waals surface area contributed by atoms with Gasteiger partial charge in [-0.05, 0) is 87.5 Å². The van der Waals surface area contributed by atoms with E-state index in [9.17, 15) is 10.1 Å². The zero-order chi connectivity index (χ0) is 21.0. The predicted molar refractivity (Wildman–Crippen MR) is 121 cm³/mol. The van der Waals surface area contributed by atoms with E-state index in [-0.39, 0.29) is 17.1 Å². The van der Waals surface area contributed by atoms with Crippen LogP contribution in [0.4, 0.5) is 5.00 Å². The van der Waals surface area contributed by atoms with Gasteiger partial charge in [0, 0.05) is 10.3 Å². The Morgan fingerprint density at radius 2 is 1.90 bits per heavy atom. The van der Waals surface area contributed by atoms with Crippen LogP contribution in [0.2, 0.25) is 0 Å². The van der Waals surface area contributed by atoms with Gasteiger partial charge in [0.25, 0.3) is 0 Å². The highest BCUT2D eigenvalue weighted by Crippen LogP contribution is 2.60. The standard InChI is InChI=1S/C23H27N5OS2/c24-11-17-16-3-1-2-4-18(16)31-20(17)25-19(29)12-30-22-26-21(27-28-22)23-8-13-5-14(9-23)7-15(6-13)10-23/h13-15H,1-10,12H2,(H,25,29)(H,26,27,28). The van der Waals surface area contributed by atoms with E-state index in [2.05, 4.69) is 21.6 Å². The van der Waals surface area contributed by atoms with Gasteiger partial charge in [-0.15, -0.1) is 16.4 Å². The van der Waals surface area contributed by atoms with Crippen molar-refractivity contribution in [2.75, 3.05) is 11.1 Å². The highest BCUT2D eigenvalue weighted by Gasteiger charge is 2.53. The number of aromatic nitrogens is 3. The van der Waals surface area contributed by atoms with Crippen LogP contribution >= 0.6 is 23.1 Å². The summed E-state index contributed by atoms with van der Waals surface area (Å²) in [5.74, 6) is 3.80. The third-order valence-corrected chi connectivity index (χ3v) is 9.93. The highest BCUT2D eigenvalue weighted by molar-refractivity contribution is 7.99. The molecule has 7 rings (SSSR count). The van der Waals surface area contributed by atoms with E-state index in [0.29, 0.717) is 15.7 Å². The molecular formula is C23H27N5OS2. The van der Waals surface area contributed by atoms with Crippen molar-refractivity contribution >= 4 is 34.0 Å². The van der Waals surface area contributed by atoms with Crippen LogP contribution in [0.5, 0.6) is 0 Å². The molecule has 0 spiro atoms. The quantitative estimate of drug-likeness (QED) is 0.633. The number of thioether (sulfide) groups is 1. The van der Waals surface area contributed by atoms with Crippen molar-refractivity contribution < 1.29 is 4.79 Å². The summed E-state index contributed by atoms with van der Waals surface area (Å²) in [5, 5.41) is 21.6. The largest absolute Gasteiger partial charge is 0.316 e. The van der Waals surface area contributed by atoms with Crippen molar-refractivity contribution in [3.05, 3.63) is 21.8 Å². The van der Waals surface area contributed by atoms with Crippen molar-refractivity contribution in [3.8, 4) is 6.07 Å². The Hall–Kier alpha value is -1.85. The Kier molecular flexibility index (Phi) is 4.87. The van der Waals surface area contributed by atoms with Gasteiger partial charge in [-0.2, -0.15) is 5.26 Å². The molecule has 0 atom stereocenters. The Morgan fingerprint density at radius 3 is 2.61 bits per heavy atom. The first-order valence-corrected chi connectivity index (χ1v) is 13.3. The van der Waals surface area contributed by atoms with Gasteiger partial charge in [-0.3, -0.25) is 9.89 Å². The Balaban J connectivity index is 1.11. The fourth-order valence-electron chi connectivity index (χ4n) is 7.01. The number of rotatable bonds is 5. The first kappa shape index (κ1) is 19.8. The lowest BCUT2D eigenvalue weighted by molar-refractivity contribution is -0.113. The second-order valence-electron chi connectivity index (χ2n) is 10.0. The number of amides is 1. The fraction of sp³-hybridized carbons (Fsp3) is 0.652. The number of carbonyl (C=O) groups excluding carboxylic acids is 1. The normalized spacial score (nSPS) is 30.7. The minimum atomic E-state index is -0.0961. The maximum Gasteiger partial charge on any atom is 0.235 e. The molecule has 0 aromatic carbocycles. The van der Waals surface area contributed by atoms with Crippen LogP contribution in [-0.4, -0.2) is 26.8 Å². The van der Waals surface area contributed by atoms with Crippen molar-refractivity contribution in [1.29, 1.82) is 5.26 Å². The smallest absolute Gasteiger partial charge is 0.235 e. The van der Waals surface area contributed by atoms with Gasteiger partial charge in [0.05, 0.1) is 11.3 Å². The molecule has 0 saturated heterocycles. The van der Waals surface area contributed by atoms with E-state index in [1.165, 1.54) is 61.6 Å². The van der Waals surface area contributed by atoms with Gasteiger partial charge in [0.15, 0.2) is 0 Å². The zero-order valence-electron chi connectivity index (χ0n) is 17.6. The molecule has 162 valence electrons. The zero-order valence-corrected chi connectivity index (χ0v) is 19.2. The van der Waals surface area contributed by atoms with Gasteiger partial charge in [0.1, 0.15) is 16.9 Å². The lowest BCUT2D eigenvalue weighted by Gasteiger charge is -2.55. The molecule has 5 aliphatic rings. The molecule has 0 radical (unpaired) electrons. The molecule has 6 nitrogen and oxygen atoms in total. The van der Waals surface area contributed by atoms with Crippen LogP contribution in [-0.2, 0) is 23.1 Å². The number of hydrogen-bond acceptors (Lipinski definition) is 6.